The largest absolute Gasteiger partial charge is 0.491 e. The van der Waals surface area contributed by atoms with Crippen molar-refractivity contribution in [3.63, 3.8) is 0 Å². The molecule has 2 rings (SSSR count). The van der Waals surface area contributed by atoms with Crippen molar-refractivity contribution in [3.05, 3.63) is 59.7 Å². The molecule has 0 heterocycles. The van der Waals surface area contributed by atoms with E-state index in [-0.39, 0.29) is 11.9 Å². The number of amides is 1. The lowest BCUT2D eigenvalue weighted by molar-refractivity contribution is -0.128. The SMILES string of the molecule is Cc1ccc(OCC(C)NC(=O)C(C)Oc2cccc(C)c2)cc1. The van der Waals surface area contributed by atoms with Crippen LogP contribution in [0.2, 0.25) is 0 Å². The number of hydrogen-bond acceptors (Lipinski definition) is 3. The van der Waals surface area contributed by atoms with Gasteiger partial charge in [-0.25, -0.2) is 0 Å². The molecule has 0 aliphatic heterocycles. The van der Waals surface area contributed by atoms with Crippen LogP contribution in [0.15, 0.2) is 48.5 Å². The molecular formula is C20H25NO3. The van der Waals surface area contributed by atoms with Crippen molar-refractivity contribution in [1.82, 2.24) is 5.32 Å². The van der Waals surface area contributed by atoms with E-state index in [9.17, 15) is 4.79 Å². The van der Waals surface area contributed by atoms with E-state index in [1.54, 1.807) is 6.92 Å². The van der Waals surface area contributed by atoms with E-state index >= 15 is 0 Å². The molecule has 0 aromatic heterocycles. The molecule has 1 amide bonds. The van der Waals surface area contributed by atoms with Crippen molar-refractivity contribution in [1.29, 1.82) is 0 Å². The fourth-order valence-electron chi connectivity index (χ4n) is 2.20. The molecule has 4 heteroatoms. The van der Waals surface area contributed by atoms with Gasteiger partial charge in [-0.1, -0.05) is 29.8 Å². The third kappa shape index (κ3) is 5.61. The third-order valence-electron chi connectivity index (χ3n) is 3.58. The average Bonchev–Trinajstić information content (AvgIpc) is 2.54. The van der Waals surface area contributed by atoms with Crippen molar-refractivity contribution in [2.45, 2.75) is 39.8 Å². The molecule has 128 valence electrons. The zero-order chi connectivity index (χ0) is 17.5. The summed E-state index contributed by atoms with van der Waals surface area (Å²) >= 11 is 0. The molecule has 0 aliphatic rings. The van der Waals surface area contributed by atoms with Crippen molar-refractivity contribution in [2.24, 2.45) is 0 Å². The molecule has 0 saturated heterocycles. The van der Waals surface area contributed by atoms with Gasteiger partial charge in [0, 0.05) is 0 Å². The Morgan fingerprint density at radius 3 is 2.38 bits per heavy atom. The minimum absolute atomic E-state index is 0.109. The number of carbonyl (C=O) groups is 1. The summed E-state index contributed by atoms with van der Waals surface area (Å²) in [5.41, 5.74) is 2.28. The number of ether oxygens (including phenoxy) is 2. The molecule has 0 aliphatic carbocycles. The summed E-state index contributed by atoms with van der Waals surface area (Å²) in [6.07, 6.45) is -0.561. The van der Waals surface area contributed by atoms with Crippen LogP contribution in [0.1, 0.15) is 25.0 Å². The molecule has 2 aromatic carbocycles. The second kappa shape index (κ2) is 8.39. The number of carbonyl (C=O) groups excluding carboxylic acids is 1. The minimum atomic E-state index is -0.561. The molecule has 24 heavy (non-hydrogen) atoms. The molecule has 4 nitrogen and oxygen atoms in total. The van der Waals surface area contributed by atoms with Gasteiger partial charge < -0.3 is 14.8 Å². The first-order valence-electron chi connectivity index (χ1n) is 8.17. The fourth-order valence-corrected chi connectivity index (χ4v) is 2.20. The Morgan fingerprint density at radius 1 is 1.00 bits per heavy atom. The van der Waals surface area contributed by atoms with Crippen molar-refractivity contribution >= 4 is 5.91 Å². The lowest BCUT2D eigenvalue weighted by Gasteiger charge is -2.19. The predicted octanol–water partition coefficient (Wildman–Crippen LogP) is 3.65. The van der Waals surface area contributed by atoms with Crippen LogP contribution in [0.4, 0.5) is 0 Å². The van der Waals surface area contributed by atoms with Crippen LogP contribution in [0.3, 0.4) is 0 Å². The molecule has 2 aromatic rings. The Balaban J connectivity index is 1.78. The summed E-state index contributed by atoms with van der Waals surface area (Å²) in [5, 5.41) is 2.91. The van der Waals surface area contributed by atoms with E-state index in [1.807, 2.05) is 69.3 Å². The van der Waals surface area contributed by atoms with Gasteiger partial charge >= 0.3 is 0 Å². The second-order valence-corrected chi connectivity index (χ2v) is 6.11. The number of benzene rings is 2. The molecule has 1 N–H and O–H groups in total. The maximum absolute atomic E-state index is 12.2. The van der Waals surface area contributed by atoms with Gasteiger partial charge in [0.15, 0.2) is 6.10 Å². The van der Waals surface area contributed by atoms with Crippen molar-refractivity contribution < 1.29 is 14.3 Å². The second-order valence-electron chi connectivity index (χ2n) is 6.11. The minimum Gasteiger partial charge on any atom is -0.491 e. The Labute approximate surface area is 143 Å². The number of nitrogens with one attached hydrogen (secondary N) is 1. The normalized spacial score (nSPS) is 13.0. The van der Waals surface area contributed by atoms with Crippen LogP contribution in [-0.2, 0) is 4.79 Å². The number of rotatable bonds is 7. The first-order valence-corrected chi connectivity index (χ1v) is 8.17. The van der Waals surface area contributed by atoms with Crippen LogP contribution < -0.4 is 14.8 Å². The molecule has 2 atom stereocenters. The Kier molecular flexibility index (Phi) is 6.24. The van der Waals surface area contributed by atoms with Gasteiger partial charge in [0.1, 0.15) is 18.1 Å². The Hall–Kier alpha value is -2.49. The van der Waals surface area contributed by atoms with Crippen LogP contribution in [0, 0.1) is 13.8 Å². The van der Waals surface area contributed by atoms with Gasteiger partial charge in [-0.05, 0) is 57.5 Å². The molecule has 0 radical (unpaired) electrons. The lowest BCUT2D eigenvalue weighted by Crippen LogP contribution is -2.43. The van der Waals surface area contributed by atoms with Gasteiger partial charge in [0.2, 0.25) is 0 Å². The highest BCUT2D eigenvalue weighted by molar-refractivity contribution is 5.81. The smallest absolute Gasteiger partial charge is 0.261 e. The standard InChI is InChI=1S/C20H25NO3/c1-14-8-10-18(11-9-14)23-13-16(3)21-20(22)17(4)24-19-7-5-6-15(2)12-19/h5-12,16-17H,13H2,1-4H3,(H,21,22). The number of aryl methyl sites for hydroxylation is 2. The van der Waals surface area contributed by atoms with Gasteiger partial charge in [0.25, 0.3) is 5.91 Å². The van der Waals surface area contributed by atoms with Crippen LogP contribution in [-0.4, -0.2) is 24.7 Å². The van der Waals surface area contributed by atoms with Crippen LogP contribution >= 0.6 is 0 Å². The molecule has 2 unspecified atom stereocenters. The zero-order valence-electron chi connectivity index (χ0n) is 14.7. The average molecular weight is 327 g/mol. The van der Waals surface area contributed by atoms with Gasteiger partial charge in [0.05, 0.1) is 6.04 Å². The van der Waals surface area contributed by atoms with E-state index in [2.05, 4.69) is 5.32 Å². The van der Waals surface area contributed by atoms with E-state index < -0.39 is 6.10 Å². The van der Waals surface area contributed by atoms with E-state index in [0.717, 1.165) is 11.3 Å². The van der Waals surface area contributed by atoms with Crippen molar-refractivity contribution in [2.75, 3.05) is 6.61 Å². The Bertz CT molecular complexity index is 667. The fraction of sp³-hybridized carbons (Fsp3) is 0.350. The van der Waals surface area contributed by atoms with E-state index in [1.165, 1.54) is 5.56 Å². The summed E-state index contributed by atoms with van der Waals surface area (Å²) in [4.78, 5) is 12.2. The predicted molar refractivity (Wildman–Crippen MR) is 95.5 cm³/mol. The topological polar surface area (TPSA) is 47.6 Å². The highest BCUT2D eigenvalue weighted by Crippen LogP contribution is 2.14. The highest BCUT2D eigenvalue weighted by Gasteiger charge is 2.17. The first-order chi connectivity index (χ1) is 11.4. The van der Waals surface area contributed by atoms with Crippen LogP contribution in [0.5, 0.6) is 11.5 Å². The van der Waals surface area contributed by atoms with E-state index in [0.29, 0.717) is 12.4 Å². The summed E-state index contributed by atoms with van der Waals surface area (Å²) in [7, 11) is 0. The molecular weight excluding hydrogens is 302 g/mol. The van der Waals surface area contributed by atoms with E-state index in [4.69, 9.17) is 9.47 Å². The zero-order valence-corrected chi connectivity index (χ0v) is 14.7. The molecule has 0 spiro atoms. The maximum atomic E-state index is 12.2. The number of hydrogen-bond donors (Lipinski definition) is 1. The molecule has 0 fully saturated rings. The Morgan fingerprint density at radius 2 is 1.71 bits per heavy atom. The first kappa shape index (κ1) is 17.9. The van der Waals surface area contributed by atoms with Gasteiger partial charge in [-0.3, -0.25) is 4.79 Å². The quantitative estimate of drug-likeness (QED) is 0.844. The summed E-state index contributed by atoms with van der Waals surface area (Å²) in [6.45, 7) is 8.08. The summed E-state index contributed by atoms with van der Waals surface area (Å²) in [5.74, 6) is 1.34. The molecule has 0 bridgehead atoms. The van der Waals surface area contributed by atoms with Crippen LogP contribution in [0.25, 0.3) is 0 Å². The van der Waals surface area contributed by atoms with Crippen molar-refractivity contribution in [3.8, 4) is 11.5 Å². The monoisotopic (exact) mass is 327 g/mol. The third-order valence-corrected chi connectivity index (χ3v) is 3.58. The maximum Gasteiger partial charge on any atom is 0.261 e. The summed E-state index contributed by atoms with van der Waals surface area (Å²) in [6, 6.07) is 15.4. The van der Waals surface area contributed by atoms with Gasteiger partial charge in [-0.2, -0.15) is 0 Å². The summed E-state index contributed by atoms with van der Waals surface area (Å²) < 4.78 is 11.4. The molecule has 0 saturated carbocycles. The van der Waals surface area contributed by atoms with Gasteiger partial charge in [-0.15, -0.1) is 0 Å². The highest BCUT2D eigenvalue weighted by atomic mass is 16.5. The lowest BCUT2D eigenvalue weighted by atomic mass is 10.2.